The third-order valence-electron chi connectivity index (χ3n) is 7.37. The molecule has 1 amide bonds. The monoisotopic (exact) mass is 610 g/mol. The highest BCUT2D eigenvalue weighted by Gasteiger charge is 2.45. The molecule has 2 heterocycles. The van der Waals surface area contributed by atoms with Gasteiger partial charge in [-0.3, -0.25) is 4.79 Å². The fourth-order valence-corrected chi connectivity index (χ4v) is 8.47. The molecule has 0 unspecified atom stereocenters. The molecule has 1 fully saturated rings. The predicted octanol–water partition coefficient (Wildman–Crippen LogP) is 3.34. The van der Waals surface area contributed by atoms with E-state index in [1.807, 2.05) is 0 Å². The number of carbonyl (C=O) groups is 1. The van der Waals surface area contributed by atoms with Crippen LogP contribution in [0, 0.1) is 23.5 Å². The zero-order chi connectivity index (χ0) is 29.5. The van der Waals surface area contributed by atoms with E-state index in [9.17, 15) is 43.6 Å². The van der Waals surface area contributed by atoms with Crippen LogP contribution in [0.2, 0.25) is 0 Å². The normalized spacial score (nSPS) is 24.6. The first-order valence-electron chi connectivity index (χ1n) is 12.4. The van der Waals surface area contributed by atoms with Gasteiger partial charge in [0.2, 0.25) is 15.9 Å². The summed E-state index contributed by atoms with van der Waals surface area (Å²) in [5, 5.41) is -1.18. The van der Waals surface area contributed by atoms with Crippen molar-refractivity contribution in [1.82, 2.24) is 4.72 Å². The highest BCUT2D eigenvalue weighted by atomic mass is 32.2. The van der Waals surface area contributed by atoms with Gasteiger partial charge < -0.3 is 10.5 Å². The molecule has 0 spiro atoms. The average Bonchev–Trinajstić information content (AvgIpc) is 2.86. The van der Waals surface area contributed by atoms with E-state index in [1.165, 1.54) is 0 Å². The maximum atomic E-state index is 14.5. The quantitative estimate of drug-likeness (QED) is 0.441. The van der Waals surface area contributed by atoms with Crippen LogP contribution < -0.4 is 15.2 Å². The number of hydrogen-bond acceptors (Lipinski definition) is 6. The molecule has 0 radical (unpaired) electrons. The second-order valence-corrected chi connectivity index (χ2v) is 14.2. The molecule has 40 heavy (non-hydrogen) atoms. The average molecular weight is 611 g/mol. The molecule has 15 heteroatoms. The van der Waals surface area contributed by atoms with Crippen molar-refractivity contribution in [2.24, 2.45) is 17.6 Å². The van der Waals surface area contributed by atoms with Crippen LogP contribution in [0.1, 0.15) is 36.8 Å². The Kier molecular flexibility index (Phi) is 8.48. The van der Waals surface area contributed by atoms with Gasteiger partial charge >= 0.3 is 6.18 Å². The van der Waals surface area contributed by atoms with Gasteiger partial charge in [-0.1, -0.05) is 0 Å². The summed E-state index contributed by atoms with van der Waals surface area (Å²) in [4.78, 5) is 11.2. The number of sulfonamides is 1. The first kappa shape index (κ1) is 30.2. The van der Waals surface area contributed by atoms with Gasteiger partial charge in [0.05, 0.1) is 28.1 Å². The highest BCUT2D eigenvalue weighted by molar-refractivity contribution is 7.91. The van der Waals surface area contributed by atoms with Crippen LogP contribution in [0.5, 0.6) is 5.75 Å². The van der Waals surface area contributed by atoms with Gasteiger partial charge in [-0.15, -0.1) is 0 Å². The number of benzene rings is 2. The van der Waals surface area contributed by atoms with Gasteiger partial charge in [-0.05, 0) is 68.0 Å². The van der Waals surface area contributed by atoms with Gasteiger partial charge in [-0.25, -0.2) is 30.3 Å². The molecule has 2 aromatic carbocycles. The summed E-state index contributed by atoms with van der Waals surface area (Å²) >= 11 is 0. The van der Waals surface area contributed by atoms with Gasteiger partial charge in [0.25, 0.3) is 0 Å². The van der Waals surface area contributed by atoms with Gasteiger partial charge in [0.15, 0.2) is 21.4 Å². The first-order valence-corrected chi connectivity index (χ1v) is 15.6. The number of primary amides is 1. The third kappa shape index (κ3) is 6.57. The molecule has 2 aliphatic rings. The smallest absolute Gasteiger partial charge is 0.416 e. The molecule has 0 aliphatic carbocycles. The van der Waals surface area contributed by atoms with Gasteiger partial charge in [0.1, 0.15) is 5.82 Å². The molecular formula is C25H27F5N2O6S2. The lowest BCUT2D eigenvalue weighted by Crippen LogP contribution is -2.55. The summed E-state index contributed by atoms with van der Waals surface area (Å²) in [5.41, 5.74) is 4.25. The zero-order valence-electron chi connectivity index (χ0n) is 21.0. The molecule has 220 valence electrons. The molecule has 0 bridgehead atoms. The molecule has 2 aromatic rings. The van der Waals surface area contributed by atoms with Crippen molar-refractivity contribution in [3.63, 3.8) is 0 Å². The van der Waals surface area contributed by atoms with Crippen LogP contribution in [0.4, 0.5) is 22.0 Å². The van der Waals surface area contributed by atoms with Crippen LogP contribution in [0.3, 0.4) is 0 Å². The summed E-state index contributed by atoms with van der Waals surface area (Å²) in [6.07, 6.45) is -5.15. The summed E-state index contributed by atoms with van der Waals surface area (Å²) in [5.74, 6) is -4.01. The van der Waals surface area contributed by atoms with Crippen molar-refractivity contribution in [3.8, 4) is 5.75 Å². The van der Waals surface area contributed by atoms with E-state index in [4.69, 9.17) is 10.5 Å². The second-order valence-electron chi connectivity index (χ2n) is 10.1. The zero-order valence-corrected chi connectivity index (χ0v) is 22.6. The van der Waals surface area contributed by atoms with Crippen molar-refractivity contribution < 1.29 is 48.3 Å². The number of nitrogens with one attached hydrogen (secondary N) is 1. The Bertz CT molecular complexity index is 1480. The SMILES string of the molecule is NC(=O)C[C@@H]1C[C@@H]([C@@H]2COc3c(F)ccc(F)c3C2)[C@@H](CCCS(=O)(=O)c2ccc(C(F)(F)F)cc2)NS1(=O)=O. The predicted molar refractivity (Wildman–Crippen MR) is 133 cm³/mol. The number of ether oxygens (including phenoxy) is 1. The number of rotatable bonds is 8. The number of alkyl halides is 3. The Balaban J connectivity index is 1.52. The fraction of sp³-hybridized carbons (Fsp3) is 0.480. The number of nitrogens with two attached hydrogens (primary N) is 1. The van der Waals surface area contributed by atoms with Crippen molar-refractivity contribution >= 4 is 25.8 Å². The lowest BCUT2D eigenvalue weighted by molar-refractivity contribution is -0.137. The van der Waals surface area contributed by atoms with E-state index >= 15 is 0 Å². The molecule has 3 N–H and O–H groups in total. The van der Waals surface area contributed by atoms with Crippen molar-refractivity contribution in [3.05, 3.63) is 59.2 Å². The van der Waals surface area contributed by atoms with Crippen molar-refractivity contribution in [2.45, 2.75) is 54.5 Å². The lowest BCUT2D eigenvalue weighted by atomic mass is 9.77. The van der Waals surface area contributed by atoms with Crippen molar-refractivity contribution in [1.29, 1.82) is 0 Å². The molecule has 1 saturated heterocycles. The Hall–Kier alpha value is -2.78. The van der Waals surface area contributed by atoms with Crippen LogP contribution in [-0.2, 0) is 37.3 Å². The standard InChI is InChI=1S/C25H27F5N2O6S2/c26-20-7-8-21(27)24-19(20)10-14(13-38-24)18-11-17(12-23(31)33)40(36,37)32-22(18)2-1-9-39(34,35)16-5-3-15(4-6-16)25(28,29)30/h3-8,14,17-18,22,32H,1-2,9-13H2,(H2,31,33)/t14-,17-,18-,22+/m0/s1. The molecule has 0 aromatic heterocycles. The Morgan fingerprint density at radius 1 is 1.07 bits per heavy atom. The Labute approximate surface area is 228 Å². The van der Waals surface area contributed by atoms with E-state index in [-0.39, 0.29) is 48.5 Å². The summed E-state index contributed by atoms with van der Waals surface area (Å²) in [7, 11) is -8.03. The maximum absolute atomic E-state index is 14.5. The number of carbonyl (C=O) groups excluding carboxylic acids is 1. The third-order valence-corrected chi connectivity index (χ3v) is 11.1. The Morgan fingerprint density at radius 2 is 1.73 bits per heavy atom. The second kappa shape index (κ2) is 11.2. The molecular weight excluding hydrogens is 583 g/mol. The number of hydrogen-bond donors (Lipinski definition) is 2. The summed E-state index contributed by atoms with van der Waals surface area (Å²) < 4.78 is 126. The maximum Gasteiger partial charge on any atom is 0.416 e. The number of sulfone groups is 1. The van der Waals surface area contributed by atoms with E-state index in [2.05, 4.69) is 4.72 Å². The topological polar surface area (TPSA) is 133 Å². The minimum absolute atomic E-state index is 0.000219. The van der Waals surface area contributed by atoms with Crippen LogP contribution in [-0.4, -0.2) is 46.4 Å². The minimum Gasteiger partial charge on any atom is -0.490 e. The highest BCUT2D eigenvalue weighted by Crippen LogP contribution is 2.40. The van der Waals surface area contributed by atoms with E-state index < -0.39 is 84.4 Å². The van der Waals surface area contributed by atoms with Crippen molar-refractivity contribution in [2.75, 3.05) is 12.4 Å². The van der Waals surface area contributed by atoms with Crippen LogP contribution >= 0.6 is 0 Å². The molecule has 4 rings (SSSR count). The fourth-order valence-electron chi connectivity index (χ4n) is 5.37. The summed E-state index contributed by atoms with van der Waals surface area (Å²) in [6.45, 7) is -0.0661. The summed E-state index contributed by atoms with van der Waals surface area (Å²) in [6, 6.07) is 4.13. The van der Waals surface area contributed by atoms with E-state index in [0.717, 1.165) is 24.3 Å². The van der Waals surface area contributed by atoms with Gasteiger partial charge in [0, 0.05) is 23.9 Å². The number of amides is 1. The number of halogens is 5. The van der Waals surface area contributed by atoms with Crippen LogP contribution in [0.25, 0.3) is 0 Å². The molecule has 2 aliphatic heterocycles. The van der Waals surface area contributed by atoms with E-state index in [0.29, 0.717) is 12.1 Å². The van der Waals surface area contributed by atoms with Gasteiger partial charge in [-0.2, -0.15) is 13.2 Å². The van der Waals surface area contributed by atoms with Crippen LogP contribution in [0.15, 0.2) is 41.3 Å². The molecule has 4 atom stereocenters. The Morgan fingerprint density at radius 3 is 2.35 bits per heavy atom. The lowest BCUT2D eigenvalue weighted by Gasteiger charge is -2.42. The minimum atomic E-state index is -4.63. The number of fused-ring (bicyclic) bond motifs is 1. The molecule has 8 nitrogen and oxygen atoms in total. The largest absolute Gasteiger partial charge is 0.490 e. The molecule has 0 saturated carbocycles. The van der Waals surface area contributed by atoms with E-state index in [1.54, 1.807) is 0 Å². The first-order chi connectivity index (χ1) is 18.6.